The molecule has 2 N–H and O–H groups in total. The molecule has 0 aromatic heterocycles. The number of benzene rings is 1. The zero-order chi connectivity index (χ0) is 13.9. The van der Waals surface area contributed by atoms with Crippen molar-refractivity contribution in [3.8, 4) is 5.75 Å². The molecule has 0 aliphatic rings. The second-order valence-corrected chi connectivity index (χ2v) is 4.92. The van der Waals surface area contributed by atoms with Crippen LogP contribution in [0.2, 0.25) is 0 Å². The van der Waals surface area contributed by atoms with Crippen LogP contribution in [0.1, 0.15) is 62.2 Å². The number of rotatable bonds is 9. The van der Waals surface area contributed by atoms with Gasteiger partial charge in [-0.25, -0.2) is 0 Å². The molecule has 0 saturated carbocycles. The summed E-state index contributed by atoms with van der Waals surface area (Å²) in [5, 5.41) is 12.0. The molecular formula is C16H25NO2. The van der Waals surface area contributed by atoms with Crippen LogP contribution in [0.4, 0.5) is 0 Å². The zero-order valence-corrected chi connectivity index (χ0v) is 11.8. The molecule has 1 aromatic rings. The Hall–Kier alpha value is -1.51. The topological polar surface area (TPSA) is 49.3 Å². The predicted octanol–water partition coefficient (Wildman–Crippen LogP) is 3.87. The second-order valence-electron chi connectivity index (χ2n) is 4.92. The monoisotopic (exact) mass is 263 g/mol. The minimum absolute atomic E-state index is 0.0639. The molecule has 0 radical (unpaired) electrons. The van der Waals surface area contributed by atoms with E-state index >= 15 is 0 Å². The van der Waals surface area contributed by atoms with E-state index in [1.807, 2.05) is 0 Å². The number of aromatic hydroxyl groups is 1. The Bertz CT molecular complexity index is 360. The molecule has 1 rings (SSSR count). The molecule has 0 fully saturated rings. The van der Waals surface area contributed by atoms with Crippen molar-refractivity contribution in [2.75, 3.05) is 6.54 Å². The standard InChI is InChI=1S/C16H25NO2/c1-2-3-4-5-6-7-8-13-17-16(19)14-9-11-15(18)12-10-14/h9-12,18H,2-8,13H2,1H3,(H,17,19). The van der Waals surface area contributed by atoms with Gasteiger partial charge >= 0.3 is 0 Å². The van der Waals surface area contributed by atoms with E-state index in [2.05, 4.69) is 12.2 Å². The van der Waals surface area contributed by atoms with Gasteiger partial charge in [-0.1, -0.05) is 45.4 Å². The molecule has 3 heteroatoms. The number of phenols is 1. The lowest BCUT2D eigenvalue weighted by Gasteiger charge is -2.05. The molecule has 0 aliphatic carbocycles. The molecule has 0 spiro atoms. The number of nitrogens with one attached hydrogen (secondary N) is 1. The number of carbonyl (C=O) groups is 1. The smallest absolute Gasteiger partial charge is 0.251 e. The van der Waals surface area contributed by atoms with Crippen LogP contribution < -0.4 is 5.32 Å². The van der Waals surface area contributed by atoms with Crippen LogP contribution in [0.5, 0.6) is 5.75 Å². The largest absolute Gasteiger partial charge is 0.508 e. The fourth-order valence-electron chi connectivity index (χ4n) is 2.00. The van der Waals surface area contributed by atoms with Crippen LogP contribution in [-0.2, 0) is 0 Å². The molecule has 0 aliphatic heterocycles. The number of hydrogen-bond donors (Lipinski definition) is 2. The Labute approximate surface area is 116 Å². The Kier molecular flexibility index (Phi) is 7.71. The van der Waals surface area contributed by atoms with Gasteiger partial charge in [0.05, 0.1) is 0 Å². The van der Waals surface area contributed by atoms with Crippen LogP contribution in [0.25, 0.3) is 0 Å². The van der Waals surface area contributed by atoms with Crippen molar-refractivity contribution in [3.63, 3.8) is 0 Å². The summed E-state index contributed by atoms with van der Waals surface area (Å²) >= 11 is 0. The molecule has 3 nitrogen and oxygen atoms in total. The van der Waals surface area contributed by atoms with E-state index in [-0.39, 0.29) is 11.7 Å². The summed E-state index contributed by atoms with van der Waals surface area (Å²) in [7, 11) is 0. The van der Waals surface area contributed by atoms with Crippen molar-refractivity contribution in [3.05, 3.63) is 29.8 Å². The number of amides is 1. The Balaban J connectivity index is 2.06. The van der Waals surface area contributed by atoms with Crippen molar-refractivity contribution < 1.29 is 9.90 Å². The fourth-order valence-corrected chi connectivity index (χ4v) is 2.00. The maximum atomic E-state index is 11.7. The van der Waals surface area contributed by atoms with E-state index in [0.717, 1.165) is 13.0 Å². The third kappa shape index (κ3) is 6.85. The first kappa shape index (κ1) is 15.5. The van der Waals surface area contributed by atoms with Crippen LogP contribution in [0.15, 0.2) is 24.3 Å². The molecule has 0 bridgehead atoms. The molecule has 19 heavy (non-hydrogen) atoms. The lowest BCUT2D eigenvalue weighted by Crippen LogP contribution is -2.24. The van der Waals surface area contributed by atoms with E-state index in [9.17, 15) is 4.79 Å². The minimum atomic E-state index is -0.0639. The highest BCUT2D eigenvalue weighted by Gasteiger charge is 2.03. The summed E-state index contributed by atoms with van der Waals surface area (Å²) in [5.41, 5.74) is 0.598. The number of unbranched alkanes of at least 4 members (excludes halogenated alkanes) is 6. The van der Waals surface area contributed by atoms with Crippen molar-refractivity contribution in [1.82, 2.24) is 5.32 Å². The third-order valence-electron chi connectivity index (χ3n) is 3.20. The van der Waals surface area contributed by atoms with E-state index in [1.165, 1.54) is 50.7 Å². The molecule has 0 atom stereocenters. The van der Waals surface area contributed by atoms with Gasteiger partial charge in [0, 0.05) is 12.1 Å². The summed E-state index contributed by atoms with van der Waals surface area (Å²) in [4.78, 5) is 11.7. The molecule has 106 valence electrons. The molecule has 1 amide bonds. The van der Waals surface area contributed by atoms with Gasteiger partial charge in [0.2, 0.25) is 0 Å². The minimum Gasteiger partial charge on any atom is -0.508 e. The van der Waals surface area contributed by atoms with Crippen molar-refractivity contribution in [2.24, 2.45) is 0 Å². The quantitative estimate of drug-likeness (QED) is 0.664. The van der Waals surface area contributed by atoms with Crippen molar-refractivity contribution in [1.29, 1.82) is 0 Å². The number of phenolic OH excluding ortho intramolecular Hbond substituents is 1. The van der Waals surface area contributed by atoms with E-state index in [0.29, 0.717) is 5.56 Å². The Morgan fingerprint density at radius 2 is 1.58 bits per heavy atom. The predicted molar refractivity (Wildman–Crippen MR) is 78.4 cm³/mol. The van der Waals surface area contributed by atoms with Gasteiger partial charge < -0.3 is 10.4 Å². The van der Waals surface area contributed by atoms with Gasteiger partial charge in [-0.3, -0.25) is 4.79 Å². The highest BCUT2D eigenvalue weighted by Crippen LogP contribution is 2.09. The maximum absolute atomic E-state index is 11.7. The first-order valence-corrected chi connectivity index (χ1v) is 7.31. The van der Waals surface area contributed by atoms with Crippen LogP contribution in [0, 0.1) is 0 Å². The summed E-state index contributed by atoms with van der Waals surface area (Å²) in [6.45, 7) is 2.95. The molecule has 0 heterocycles. The van der Waals surface area contributed by atoms with Crippen LogP contribution >= 0.6 is 0 Å². The fraction of sp³-hybridized carbons (Fsp3) is 0.562. The maximum Gasteiger partial charge on any atom is 0.251 e. The molecule has 1 aromatic carbocycles. The first-order valence-electron chi connectivity index (χ1n) is 7.31. The molecule has 0 saturated heterocycles. The normalized spacial score (nSPS) is 10.4. The highest BCUT2D eigenvalue weighted by molar-refractivity contribution is 5.94. The second kappa shape index (κ2) is 9.42. The number of carbonyl (C=O) groups excluding carboxylic acids is 1. The van der Waals surface area contributed by atoms with E-state index in [4.69, 9.17) is 5.11 Å². The Morgan fingerprint density at radius 3 is 2.21 bits per heavy atom. The number of hydrogen-bond acceptors (Lipinski definition) is 2. The van der Waals surface area contributed by atoms with Crippen LogP contribution in [0.3, 0.4) is 0 Å². The van der Waals surface area contributed by atoms with Gasteiger partial charge in [0.15, 0.2) is 0 Å². The SMILES string of the molecule is CCCCCCCCCNC(=O)c1ccc(O)cc1. The van der Waals surface area contributed by atoms with Gasteiger partial charge in [-0.15, -0.1) is 0 Å². The summed E-state index contributed by atoms with van der Waals surface area (Å²) < 4.78 is 0. The molecule has 0 unspecified atom stereocenters. The molecular weight excluding hydrogens is 238 g/mol. The summed E-state index contributed by atoms with van der Waals surface area (Å²) in [6.07, 6.45) is 8.72. The van der Waals surface area contributed by atoms with Crippen molar-refractivity contribution in [2.45, 2.75) is 51.9 Å². The van der Waals surface area contributed by atoms with Gasteiger partial charge in [-0.05, 0) is 30.7 Å². The van der Waals surface area contributed by atoms with Gasteiger partial charge in [-0.2, -0.15) is 0 Å². The summed E-state index contributed by atoms with van der Waals surface area (Å²) in [5.74, 6) is 0.120. The lowest BCUT2D eigenvalue weighted by molar-refractivity contribution is 0.0953. The first-order chi connectivity index (χ1) is 9.24. The van der Waals surface area contributed by atoms with Crippen LogP contribution in [-0.4, -0.2) is 17.6 Å². The highest BCUT2D eigenvalue weighted by atomic mass is 16.3. The van der Waals surface area contributed by atoms with Gasteiger partial charge in [0.25, 0.3) is 5.91 Å². The van der Waals surface area contributed by atoms with Gasteiger partial charge in [0.1, 0.15) is 5.75 Å². The lowest BCUT2D eigenvalue weighted by atomic mass is 10.1. The van der Waals surface area contributed by atoms with Crippen molar-refractivity contribution >= 4 is 5.91 Å². The van der Waals surface area contributed by atoms with E-state index < -0.39 is 0 Å². The van der Waals surface area contributed by atoms with E-state index in [1.54, 1.807) is 12.1 Å². The average molecular weight is 263 g/mol. The third-order valence-corrected chi connectivity index (χ3v) is 3.20. The Morgan fingerprint density at radius 1 is 1.00 bits per heavy atom. The average Bonchev–Trinajstić information content (AvgIpc) is 2.42. The summed E-state index contributed by atoms with van der Waals surface area (Å²) in [6, 6.07) is 6.33. The zero-order valence-electron chi connectivity index (χ0n) is 11.8.